The lowest BCUT2D eigenvalue weighted by molar-refractivity contribution is -0.120. The summed E-state index contributed by atoms with van der Waals surface area (Å²) >= 11 is 5.01. The van der Waals surface area contributed by atoms with E-state index in [1.54, 1.807) is 11.8 Å². The van der Waals surface area contributed by atoms with Gasteiger partial charge in [0.25, 0.3) is 0 Å². The average Bonchev–Trinajstić information content (AvgIpc) is 2.38. The van der Waals surface area contributed by atoms with E-state index in [1.807, 2.05) is 30.3 Å². The number of alkyl halides is 1. The monoisotopic (exact) mass is 329 g/mol. The van der Waals surface area contributed by atoms with Crippen LogP contribution in [0.25, 0.3) is 0 Å². The maximum absolute atomic E-state index is 11.9. The summed E-state index contributed by atoms with van der Waals surface area (Å²) < 4.78 is 0. The van der Waals surface area contributed by atoms with Crippen LogP contribution in [0.15, 0.2) is 35.2 Å². The summed E-state index contributed by atoms with van der Waals surface area (Å²) in [7, 11) is 0. The molecule has 0 aliphatic heterocycles. The fraction of sp³-hybridized carbons (Fsp3) is 0.500. The third-order valence-corrected chi connectivity index (χ3v) is 4.39. The molecule has 1 aromatic carbocycles. The number of halogens is 1. The van der Waals surface area contributed by atoms with Crippen molar-refractivity contribution < 1.29 is 4.79 Å². The fourth-order valence-corrected chi connectivity index (χ4v) is 3.17. The molecule has 100 valence electrons. The highest BCUT2D eigenvalue weighted by molar-refractivity contribution is 9.09. The van der Waals surface area contributed by atoms with Crippen molar-refractivity contribution in [1.29, 1.82) is 0 Å². The first kappa shape index (κ1) is 15.6. The summed E-state index contributed by atoms with van der Waals surface area (Å²) in [5.74, 6) is 0.580. The number of carbonyl (C=O) groups is 1. The highest BCUT2D eigenvalue weighted by Gasteiger charge is 2.23. The Balaban J connectivity index is 2.41. The summed E-state index contributed by atoms with van der Waals surface area (Å²) in [6.45, 7) is 4.20. The van der Waals surface area contributed by atoms with Crippen LogP contribution >= 0.6 is 27.7 Å². The second-order valence-electron chi connectivity index (χ2n) is 4.50. The standard InChI is InChI=1S/C14H20BrNOS/c1-3-14(2,9-10-15)16-13(17)11-18-12-7-5-4-6-8-12/h4-8H,3,9-11H2,1-2H3,(H,16,17). The van der Waals surface area contributed by atoms with Crippen molar-refractivity contribution in [3.05, 3.63) is 30.3 Å². The van der Waals surface area contributed by atoms with Crippen LogP contribution in [0.5, 0.6) is 0 Å². The van der Waals surface area contributed by atoms with Crippen LogP contribution in [-0.2, 0) is 4.79 Å². The van der Waals surface area contributed by atoms with E-state index < -0.39 is 0 Å². The minimum Gasteiger partial charge on any atom is -0.350 e. The van der Waals surface area contributed by atoms with Gasteiger partial charge in [-0.15, -0.1) is 11.8 Å². The highest BCUT2D eigenvalue weighted by atomic mass is 79.9. The molecule has 1 aromatic rings. The van der Waals surface area contributed by atoms with Crippen molar-refractivity contribution in [2.75, 3.05) is 11.1 Å². The molecule has 0 heterocycles. The number of carbonyl (C=O) groups excluding carboxylic acids is 1. The van der Waals surface area contributed by atoms with Gasteiger partial charge in [0.1, 0.15) is 0 Å². The number of rotatable bonds is 7. The molecule has 1 amide bonds. The summed E-state index contributed by atoms with van der Waals surface area (Å²) in [6.07, 6.45) is 1.89. The molecule has 0 saturated carbocycles. The van der Waals surface area contributed by atoms with Crippen molar-refractivity contribution in [1.82, 2.24) is 5.32 Å². The van der Waals surface area contributed by atoms with E-state index in [0.29, 0.717) is 5.75 Å². The van der Waals surface area contributed by atoms with E-state index in [4.69, 9.17) is 0 Å². The largest absolute Gasteiger partial charge is 0.350 e. The van der Waals surface area contributed by atoms with E-state index in [0.717, 1.165) is 23.1 Å². The van der Waals surface area contributed by atoms with E-state index in [1.165, 1.54) is 0 Å². The van der Waals surface area contributed by atoms with Gasteiger partial charge in [-0.3, -0.25) is 4.79 Å². The first-order chi connectivity index (χ1) is 8.59. The van der Waals surface area contributed by atoms with E-state index >= 15 is 0 Å². The Morgan fingerprint density at radius 1 is 1.39 bits per heavy atom. The van der Waals surface area contributed by atoms with Gasteiger partial charge in [0.2, 0.25) is 5.91 Å². The zero-order valence-electron chi connectivity index (χ0n) is 10.9. The molecule has 0 saturated heterocycles. The van der Waals surface area contributed by atoms with Gasteiger partial charge < -0.3 is 5.32 Å². The molecule has 1 N–H and O–H groups in total. The average molecular weight is 330 g/mol. The zero-order valence-corrected chi connectivity index (χ0v) is 13.3. The van der Waals surface area contributed by atoms with Crippen molar-refractivity contribution in [3.63, 3.8) is 0 Å². The van der Waals surface area contributed by atoms with Crippen LogP contribution < -0.4 is 5.32 Å². The van der Waals surface area contributed by atoms with Crippen LogP contribution in [0.1, 0.15) is 26.7 Å². The van der Waals surface area contributed by atoms with Crippen molar-refractivity contribution in [3.8, 4) is 0 Å². The van der Waals surface area contributed by atoms with Crippen molar-refractivity contribution in [2.45, 2.75) is 37.1 Å². The molecule has 0 radical (unpaired) electrons. The Kier molecular flexibility index (Phi) is 6.79. The van der Waals surface area contributed by atoms with Gasteiger partial charge in [0.05, 0.1) is 5.75 Å². The van der Waals surface area contributed by atoms with Crippen LogP contribution in [0.2, 0.25) is 0 Å². The van der Waals surface area contributed by atoms with Crippen molar-refractivity contribution >= 4 is 33.6 Å². The SMILES string of the molecule is CCC(C)(CCBr)NC(=O)CSc1ccccc1. The van der Waals surface area contributed by atoms with Gasteiger partial charge in [-0.2, -0.15) is 0 Å². The van der Waals surface area contributed by atoms with Gasteiger partial charge >= 0.3 is 0 Å². The lowest BCUT2D eigenvalue weighted by Gasteiger charge is -2.29. The zero-order chi connectivity index (χ0) is 13.4. The third kappa shape index (κ3) is 5.44. The molecule has 0 spiro atoms. The Morgan fingerprint density at radius 3 is 2.61 bits per heavy atom. The molecule has 0 aliphatic rings. The maximum Gasteiger partial charge on any atom is 0.230 e. The van der Waals surface area contributed by atoms with E-state index in [2.05, 4.69) is 35.1 Å². The van der Waals surface area contributed by atoms with Crippen LogP contribution in [0, 0.1) is 0 Å². The molecule has 1 rings (SSSR count). The molecule has 0 fully saturated rings. The predicted molar refractivity (Wildman–Crippen MR) is 82.4 cm³/mol. The summed E-state index contributed by atoms with van der Waals surface area (Å²) in [6, 6.07) is 10.0. The normalized spacial score (nSPS) is 13.9. The van der Waals surface area contributed by atoms with Crippen LogP contribution in [0.4, 0.5) is 0 Å². The lowest BCUT2D eigenvalue weighted by atomic mass is 9.96. The Labute approximate surface area is 122 Å². The molecule has 1 unspecified atom stereocenters. The molecule has 2 nitrogen and oxygen atoms in total. The maximum atomic E-state index is 11.9. The Morgan fingerprint density at radius 2 is 2.06 bits per heavy atom. The molecule has 0 bridgehead atoms. The minimum atomic E-state index is -0.0994. The summed E-state index contributed by atoms with van der Waals surface area (Å²) in [5.41, 5.74) is -0.0994. The molecule has 0 aromatic heterocycles. The molecule has 1 atom stereocenters. The summed E-state index contributed by atoms with van der Waals surface area (Å²) in [5, 5.41) is 4.03. The molecule has 18 heavy (non-hydrogen) atoms. The first-order valence-electron chi connectivity index (χ1n) is 6.14. The molecule has 0 aliphatic carbocycles. The lowest BCUT2D eigenvalue weighted by Crippen LogP contribution is -2.46. The topological polar surface area (TPSA) is 29.1 Å². The van der Waals surface area contributed by atoms with Gasteiger partial charge in [0, 0.05) is 15.8 Å². The minimum absolute atomic E-state index is 0.0994. The summed E-state index contributed by atoms with van der Waals surface area (Å²) in [4.78, 5) is 13.0. The quantitative estimate of drug-likeness (QED) is 0.608. The molecular weight excluding hydrogens is 310 g/mol. The Hall–Kier alpha value is -0.480. The second-order valence-corrected chi connectivity index (χ2v) is 6.34. The predicted octanol–water partition coefficient (Wildman–Crippen LogP) is 3.85. The number of hydrogen-bond acceptors (Lipinski definition) is 2. The number of hydrogen-bond donors (Lipinski definition) is 1. The first-order valence-corrected chi connectivity index (χ1v) is 8.25. The van der Waals surface area contributed by atoms with Gasteiger partial charge in [0.15, 0.2) is 0 Å². The third-order valence-electron chi connectivity index (χ3n) is 2.98. The van der Waals surface area contributed by atoms with E-state index in [9.17, 15) is 4.79 Å². The van der Waals surface area contributed by atoms with Gasteiger partial charge in [-0.05, 0) is 31.9 Å². The van der Waals surface area contributed by atoms with Gasteiger partial charge in [-0.25, -0.2) is 0 Å². The second kappa shape index (κ2) is 7.85. The fourth-order valence-electron chi connectivity index (χ4n) is 1.57. The van der Waals surface area contributed by atoms with Crippen molar-refractivity contribution in [2.24, 2.45) is 0 Å². The van der Waals surface area contributed by atoms with Crippen LogP contribution in [-0.4, -0.2) is 22.5 Å². The van der Waals surface area contributed by atoms with Crippen LogP contribution in [0.3, 0.4) is 0 Å². The highest BCUT2D eigenvalue weighted by Crippen LogP contribution is 2.19. The molecule has 4 heteroatoms. The Bertz CT molecular complexity index is 371. The van der Waals surface area contributed by atoms with E-state index in [-0.39, 0.29) is 11.4 Å². The van der Waals surface area contributed by atoms with Gasteiger partial charge in [-0.1, -0.05) is 41.1 Å². The number of amides is 1. The number of benzene rings is 1. The number of thioether (sulfide) groups is 1. The smallest absolute Gasteiger partial charge is 0.230 e. The number of nitrogens with one attached hydrogen (secondary N) is 1. The molecular formula is C14H20BrNOS.